The maximum atomic E-state index is 5.49. The fourth-order valence-electron chi connectivity index (χ4n) is 1.89. The van der Waals surface area contributed by atoms with E-state index in [2.05, 4.69) is 35.7 Å². The summed E-state index contributed by atoms with van der Waals surface area (Å²) >= 11 is 3.24. The maximum absolute atomic E-state index is 5.49. The van der Waals surface area contributed by atoms with Gasteiger partial charge in [0.1, 0.15) is 5.69 Å². The Balaban J connectivity index is 2.04. The average molecular weight is 329 g/mol. The van der Waals surface area contributed by atoms with Gasteiger partial charge in [-0.05, 0) is 31.2 Å². The van der Waals surface area contributed by atoms with Crippen LogP contribution in [0.2, 0.25) is 0 Å². The van der Waals surface area contributed by atoms with Crippen molar-refractivity contribution in [1.82, 2.24) is 4.68 Å². The average Bonchev–Trinajstić information content (AvgIpc) is 3.23. The van der Waals surface area contributed by atoms with E-state index >= 15 is 0 Å². The Morgan fingerprint density at radius 1 is 1.36 bits per heavy atom. The molecule has 0 saturated heterocycles. The number of furan rings is 1. The fraction of sp³-hybridized carbons (Fsp3) is 0.125. The van der Waals surface area contributed by atoms with Crippen LogP contribution in [0.15, 0.2) is 63.1 Å². The van der Waals surface area contributed by atoms with Crippen LogP contribution in [0, 0.1) is 6.92 Å². The van der Waals surface area contributed by atoms with Crippen LogP contribution in [0.1, 0.15) is 9.75 Å². The molecule has 0 atom stereocenters. The molecule has 0 fully saturated rings. The number of aromatic nitrogens is 1. The van der Waals surface area contributed by atoms with Crippen molar-refractivity contribution in [3.63, 3.8) is 0 Å². The summed E-state index contributed by atoms with van der Waals surface area (Å²) < 4.78 is 7.29. The molecule has 0 amide bonds. The van der Waals surface area contributed by atoms with E-state index in [1.165, 1.54) is 16.2 Å². The summed E-state index contributed by atoms with van der Waals surface area (Å²) in [6, 6.07) is 7.93. The SMILES string of the molecule is C=CCN=c1scc(-c2ccco2)n1N=Cc1ccc(C)s1. The number of aryl methyl sites for hydroxylation is 1. The minimum Gasteiger partial charge on any atom is -0.463 e. The lowest BCUT2D eigenvalue weighted by Crippen LogP contribution is -2.12. The van der Waals surface area contributed by atoms with E-state index in [4.69, 9.17) is 4.42 Å². The third kappa shape index (κ3) is 3.18. The van der Waals surface area contributed by atoms with Gasteiger partial charge in [0, 0.05) is 15.1 Å². The van der Waals surface area contributed by atoms with Gasteiger partial charge in [0.05, 0.1) is 19.0 Å². The van der Waals surface area contributed by atoms with E-state index in [1.807, 2.05) is 28.4 Å². The largest absolute Gasteiger partial charge is 0.463 e. The van der Waals surface area contributed by atoms with Crippen LogP contribution in [-0.2, 0) is 0 Å². The Morgan fingerprint density at radius 2 is 2.27 bits per heavy atom. The molecule has 3 aromatic heterocycles. The quantitative estimate of drug-likeness (QED) is 0.512. The van der Waals surface area contributed by atoms with Crippen molar-refractivity contribution < 1.29 is 4.42 Å². The van der Waals surface area contributed by atoms with Gasteiger partial charge >= 0.3 is 0 Å². The second-order valence-electron chi connectivity index (χ2n) is 4.51. The first kappa shape index (κ1) is 14.7. The highest BCUT2D eigenvalue weighted by atomic mass is 32.1. The number of thiazole rings is 1. The highest BCUT2D eigenvalue weighted by molar-refractivity contribution is 7.13. The van der Waals surface area contributed by atoms with Crippen LogP contribution >= 0.6 is 22.7 Å². The molecule has 0 spiro atoms. The molecule has 22 heavy (non-hydrogen) atoms. The third-order valence-electron chi connectivity index (χ3n) is 2.88. The second-order valence-corrected chi connectivity index (χ2v) is 6.67. The van der Waals surface area contributed by atoms with Crippen LogP contribution in [0.5, 0.6) is 0 Å². The molecule has 3 rings (SSSR count). The Hall–Kier alpha value is -2.18. The van der Waals surface area contributed by atoms with Crippen molar-refractivity contribution in [2.45, 2.75) is 6.92 Å². The molecule has 3 aromatic rings. The lowest BCUT2D eigenvalue weighted by molar-refractivity contribution is 0.575. The third-order valence-corrected chi connectivity index (χ3v) is 4.67. The molecule has 0 saturated carbocycles. The summed E-state index contributed by atoms with van der Waals surface area (Å²) in [6.45, 7) is 6.35. The lowest BCUT2D eigenvalue weighted by atomic mass is 10.4. The zero-order valence-corrected chi connectivity index (χ0v) is 13.7. The van der Waals surface area contributed by atoms with E-state index in [1.54, 1.807) is 23.7 Å². The monoisotopic (exact) mass is 329 g/mol. The zero-order chi connectivity index (χ0) is 15.4. The van der Waals surface area contributed by atoms with Crippen LogP contribution in [0.3, 0.4) is 0 Å². The van der Waals surface area contributed by atoms with E-state index in [9.17, 15) is 0 Å². The standard InChI is InChI=1S/C16H15N3OS2/c1-3-8-17-16-19(18-10-13-7-6-12(2)22-13)14(11-21-16)15-5-4-9-20-15/h3-7,9-11H,1,8H2,2H3. The first-order valence-corrected chi connectivity index (χ1v) is 8.44. The van der Waals surface area contributed by atoms with Gasteiger partial charge < -0.3 is 4.42 Å². The molecular formula is C16H15N3OS2. The van der Waals surface area contributed by atoms with Crippen LogP contribution < -0.4 is 4.80 Å². The highest BCUT2D eigenvalue weighted by Crippen LogP contribution is 2.20. The molecule has 112 valence electrons. The number of hydrogen-bond acceptors (Lipinski definition) is 5. The van der Waals surface area contributed by atoms with Gasteiger partial charge in [0.15, 0.2) is 5.76 Å². The van der Waals surface area contributed by atoms with Gasteiger partial charge in [-0.2, -0.15) is 5.10 Å². The van der Waals surface area contributed by atoms with Crippen molar-refractivity contribution >= 4 is 28.9 Å². The lowest BCUT2D eigenvalue weighted by Gasteiger charge is -1.99. The Bertz CT molecular complexity index is 850. The van der Waals surface area contributed by atoms with E-state index in [-0.39, 0.29) is 0 Å². The van der Waals surface area contributed by atoms with Gasteiger partial charge in [-0.1, -0.05) is 6.08 Å². The first-order chi connectivity index (χ1) is 10.8. The second kappa shape index (κ2) is 6.72. The van der Waals surface area contributed by atoms with Crippen molar-refractivity contribution in [3.8, 4) is 11.5 Å². The molecule has 0 radical (unpaired) electrons. The van der Waals surface area contributed by atoms with Crippen LogP contribution in [0.4, 0.5) is 0 Å². The van der Waals surface area contributed by atoms with Gasteiger partial charge in [0.25, 0.3) is 0 Å². The molecule has 0 aliphatic rings. The molecule has 0 N–H and O–H groups in total. The van der Waals surface area contributed by atoms with Gasteiger partial charge in [-0.3, -0.25) is 4.99 Å². The molecule has 0 aromatic carbocycles. The van der Waals surface area contributed by atoms with Crippen LogP contribution in [-0.4, -0.2) is 17.4 Å². The number of hydrogen-bond donors (Lipinski definition) is 0. The minimum absolute atomic E-state index is 0.561. The molecular weight excluding hydrogens is 314 g/mol. The number of nitrogens with zero attached hydrogens (tertiary/aromatic N) is 3. The van der Waals surface area contributed by atoms with Crippen molar-refractivity contribution in [1.29, 1.82) is 0 Å². The number of thiophene rings is 1. The van der Waals surface area contributed by atoms with E-state index in [0.29, 0.717) is 6.54 Å². The zero-order valence-electron chi connectivity index (χ0n) is 12.1. The smallest absolute Gasteiger partial charge is 0.206 e. The number of rotatable bonds is 5. The minimum atomic E-state index is 0.561. The maximum Gasteiger partial charge on any atom is 0.206 e. The molecule has 0 aliphatic carbocycles. The Labute approximate surface area is 136 Å². The van der Waals surface area contributed by atoms with Gasteiger partial charge in [-0.25, -0.2) is 4.68 Å². The van der Waals surface area contributed by atoms with Crippen LogP contribution in [0.25, 0.3) is 11.5 Å². The Kier molecular flexibility index (Phi) is 4.50. The summed E-state index contributed by atoms with van der Waals surface area (Å²) in [7, 11) is 0. The van der Waals surface area contributed by atoms with Gasteiger partial charge in [-0.15, -0.1) is 29.3 Å². The predicted octanol–water partition coefficient (Wildman–Crippen LogP) is 4.15. The summed E-state index contributed by atoms with van der Waals surface area (Å²) in [5.74, 6) is 0.774. The summed E-state index contributed by atoms with van der Waals surface area (Å²) in [5, 5.41) is 6.58. The molecule has 4 nitrogen and oxygen atoms in total. The van der Waals surface area contributed by atoms with E-state index < -0.39 is 0 Å². The topological polar surface area (TPSA) is 42.8 Å². The van der Waals surface area contributed by atoms with Crippen molar-refractivity contribution in [3.05, 3.63) is 63.1 Å². The summed E-state index contributed by atoms with van der Waals surface area (Å²) in [4.78, 5) is 7.67. The molecule has 0 unspecified atom stereocenters. The molecule has 0 bridgehead atoms. The van der Waals surface area contributed by atoms with E-state index in [0.717, 1.165) is 21.1 Å². The predicted molar refractivity (Wildman–Crippen MR) is 92.7 cm³/mol. The normalized spacial score (nSPS) is 12.3. The van der Waals surface area contributed by atoms with Gasteiger partial charge in [0.2, 0.25) is 4.80 Å². The summed E-state index contributed by atoms with van der Waals surface area (Å²) in [5.41, 5.74) is 0.891. The Morgan fingerprint density at radius 3 is 2.95 bits per heavy atom. The highest BCUT2D eigenvalue weighted by Gasteiger charge is 2.09. The molecule has 0 aliphatic heterocycles. The fourth-order valence-corrected chi connectivity index (χ4v) is 3.47. The molecule has 6 heteroatoms. The molecule has 3 heterocycles. The first-order valence-electron chi connectivity index (χ1n) is 6.74. The van der Waals surface area contributed by atoms with Crippen molar-refractivity contribution in [2.75, 3.05) is 6.54 Å². The van der Waals surface area contributed by atoms with Crippen molar-refractivity contribution in [2.24, 2.45) is 10.1 Å². The summed E-state index contributed by atoms with van der Waals surface area (Å²) in [6.07, 6.45) is 5.27.